The Hall–Kier alpha value is -2.88. The maximum Gasteiger partial charge on any atom is 0.266 e. The highest BCUT2D eigenvalue weighted by molar-refractivity contribution is 8.26. The number of aromatic nitrogens is 2. The van der Waals surface area contributed by atoms with Crippen LogP contribution >= 0.6 is 24.0 Å². The summed E-state index contributed by atoms with van der Waals surface area (Å²) in [6.45, 7) is 0.702. The van der Waals surface area contributed by atoms with Crippen molar-refractivity contribution in [2.45, 2.75) is 17.7 Å². The molecule has 1 N–H and O–H groups in total. The number of thiocarbonyl (C=S) groups is 1. The van der Waals surface area contributed by atoms with Crippen LogP contribution in [0.3, 0.4) is 0 Å². The summed E-state index contributed by atoms with van der Waals surface area (Å²) in [5.41, 5.74) is 2.32. The molecule has 0 radical (unpaired) electrons. The monoisotopic (exact) mass is 604 g/mol. The van der Waals surface area contributed by atoms with Crippen LogP contribution in [0.2, 0.25) is 0 Å². The number of amides is 1. The van der Waals surface area contributed by atoms with Gasteiger partial charge in [-0.15, -0.1) is 0 Å². The minimum absolute atomic E-state index is 0.165. The molecule has 2 saturated heterocycles. The van der Waals surface area contributed by atoms with Gasteiger partial charge in [-0.05, 0) is 43.2 Å². The number of benzene rings is 2. The molecule has 2 aromatic carbocycles. The number of carbonyl (C=O) groups is 1. The van der Waals surface area contributed by atoms with Crippen LogP contribution in [0.1, 0.15) is 18.4 Å². The molecule has 0 unspecified atom stereocenters. The third-order valence-electron chi connectivity index (χ3n) is 6.31. The average molecular weight is 605 g/mol. The van der Waals surface area contributed by atoms with Crippen molar-refractivity contribution in [1.82, 2.24) is 19.0 Å². The molecule has 1 amide bonds. The van der Waals surface area contributed by atoms with Gasteiger partial charge in [0.1, 0.15) is 10.0 Å². The fourth-order valence-electron chi connectivity index (χ4n) is 4.35. The number of sulfonamides is 1. The normalized spacial score (nSPS) is 18.0. The first-order valence-electron chi connectivity index (χ1n) is 12.0. The van der Waals surface area contributed by atoms with Gasteiger partial charge in [0.2, 0.25) is 10.0 Å². The van der Waals surface area contributed by atoms with Crippen LogP contribution in [-0.4, -0.2) is 76.0 Å². The lowest BCUT2D eigenvalue weighted by Crippen LogP contribution is -2.32. The molecule has 0 bridgehead atoms. The number of hydrogen-bond donors (Lipinski definition) is 1. The fourth-order valence-corrected chi connectivity index (χ4v) is 7.63. The first-order valence-corrected chi connectivity index (χ1v) is 16.3. The summed E-state index contributed by atoms with van der Waals surface area (Å²) in [7, 11) is -7.94. The Morgan fingerprint density at radius 3 is 2.44 bits per heavy atom. The zero-order valence-corrected chi connectivity index (χ0v) is 23.8. The van der Waals surface area contributed by atoms with Crippen LogP contribution in [0, 0.1) is 0 Å². The van der Waals surface area contributed by atoms with Crippen molar-refractivity contribution in [3.63, 3.8) is 0 Å². The van der Waals surface area contributed by atoms with E-state index in [2.05, 4.69) is 0 Å². The highest BCUT2D eigenvalue weighted by Crippen LogP contribution is 2.35. The molecule has 0 atom stereocenters. The van der Waals surface area contributed by atoms with Crippen LogP contribution in [0.5, 0.6) is 0 Å². The second kappa shape index (κ2) is 10.9. The van der Waals surface area contributed by atoms with Gasteiger partial charge in [-0.1, -0.05) is 54.3 Å². The van der Waals surface area contributed by atoms with Crippen LogP contribution in [0.15, 0.2) is 70.6 Å². The Morgan fingerprint density at radius 2 is 1.74 bits per heavy atom. The maximum atomic E-state index is 13.2. The molecule has 3 aromatic rings. The van der Waals surface area contributed by atoms with Gasteiger partial charge in [0, 0.05) is 37.0 Å². The Kier molecular flexibility index (Phi) is 7.77. The Bertz CT molecular complexity index is 1680. The van der Waals surface area contributed by atoms with E-state index in [-0.39, 0.29) is 20.7 Å². The van der Waals surface area contributed by atoms with Gasteiger partial charge in [0.25, 0.3) is 16.0 Å². The summed E-state index contributed by atoms with van der Waals surface area (Å²) in [5, 5.41) is 4.73. The largest absolute Gasteiger partial charge is 0.292 e. The summed E-state index contributed by atoms with van der Waals surface area (Å²) >= 11 is 6.29. The number of hydrogen-bond acceptors (Lipinski definition) is 8. The smallest absolute Gasteiger partial charge is 0.266 e. The Labute approximate surface area is 236 Å². The first kappa shape index (κ1) is 27.7. The Morgan fingerprint density at radius 1 is 1.03 bits per heavy atom. The molecule has 204 valence electrons. The molecular formula is C25H24N4O6S4. The number of nitrogens with zero attached hydrogens (tertiary/aromatic N) is 4. The topological polar surface area (TPSA) is 130 Å². The third-order valence-corrected chi connectivity index (χ3v) is 10.3. The lowest BCUT2D eigenvalue weighted by Gasteiger charge is -2.16. The van der Waals surface area contributed by atoms with Crippen molar-refractivity contribution in [3.8, 4) is 16.9 Å². The quantitative estimate of drug-likeness (QED) is 0.234. The molecule has 0 saturated carbocycles. The maximum absolute atomic E-state index is 13.2. The van der Waals surface area contributed by atoms with Crippen LogP contribution in [-0.2, 0) is 24.9 Å². The number of carbonyl (C=O) groups excluding carboxylic acids is 1. The molecule has 1 aromatic heterocycles. The van der Waals surface area contributed by atoms with E-state index in [0.29, 0.717) is 29.9 Å². The molecule has 39 heavy (non-hydrogen) atoms. The molecule has 5 rings (SSSR count). The zero-order valence-electron chi connectivity index (χ0n) is 20.5. The van der Waals surface area contributed by atoms with Gasteiger partial charge in [0.15, 0.2) is 0 Å². The van der Waals surface area contributed by atoms with E-state index >= 15 is 0 Å². The van der Waals surface area contributed by atoms with Crippen molar-refractivity contribution in [1.29, 1.82) is 0 Å². The standard InChI is InChI=1S/C25H24N4O6S4/c30-24-22(37-25(36)28(24)13-14-38(31,32)33)16-19-17-29(20-8-2-1-3-9-20)26-23(19)18-7-6-10-21(15-18)39(34,35)27-11-4-5-12-27/h1-3,6-10,15-17H,4-5,11-14H2,(H,31,32,33). The molecule has 3 heterocycles. The van der Waals surface area contributed by atoms with Gasteiger partial charge in [-0.3, -0.25) is 14.2 Å². The molecule has 2 aliphatic rings. The van der Waals surface area contributed by atoms with Gasteiger partial charge >= 0.3 is 0 Å². The van der Waals surface area contributed by atoms with E-state index in [9.17, 15) is 21.6 Å². The average Bonchev–Trinajstić information content (AvgIpc) is 3.64. The van der Waals surface area contributed by atoms with Gasteiger partial charge in [0.05, 0.1) is 21.2 Å². The fraction of sp³-hybridized carbons (Fsp3) is 0.240. The Balaban J connectivity index is 1.55. The van der Waals surface area contributed by atoms with Crippen molar-refractivity contribution >= 4 is 60.4 Å². The highest BCUT2D eigenvalue weighted by Gasteiger charge is 2.33. The van der Waals surface area contributed by atoms with Gasteiger partial charge < -0.3 is 0 Å². The molecule has 2 aliphatic heterocycles. The van der Waals surface area contributed by atoms with Gasteiger partial charge in [-0.2, -0.15) is 17.8 Å². The van der Waals surface area contributed by atoms with E-state index < -0.39 is 31.8 Å². The molecule has 0 aliphatic carbocycles. The minimum atomic E-state index is -4.28. The summed E-state index contributed by atoms with van der Waals surface area (Å²) in [5.74, 6) is -1.13. The second-order valence-electron chi connectivity index (χ2n) is 8.97. The summed E-state index contributed by atoms with van der Waals surface area (Å²) < 4.78 is 61.2. The molecule has 2 fully saturated rings. The van der Waals surface area contributed by atoms with E-state index in [1.54, 1.807) is 41.2 Å². The number of para-hydroxylation sites is 1. The SMILES string of the molecule is O=C1C(=Cc2cn(-c3ccccc3)nc2-c2cccc(S(=O)(=O)N3CCCC3)c2)SC(=S)N1CCS(=O)(=O)O. The van der Waals surface area contributed by atoms with E-state index in [1.165, 1.54) is 4.31 Å². The van der Waals surface area contributed by atoms with Crippen LogP contribution in [0.4, 0.5) is 0 Å². The van der Waals surface area contributed by atoms with E-state index in [1.807, 2.05) is 30.3 Å². The minimum Gasteiger partial charge on any atom is -0.292 e. The summed E-state index contributed by atoms with van der Waals surface area (Å²) in [4.78, 5) is 14.6. The number of thioether (sulfide) groups is 1. The predicted octanol–water partition coefficient (Wildman–Crippen LogP) is 3.41. The van der Waals surface area contributed by atoms with Crippen molar-refractivity contribution in [2.24, 2.45) is 0 Å². The van der Waals surface area contributed by atoms with Gasteiger partial charge in [-0.25, -0.2) is 13.1 Å². The molecule has 14 heteroatoms. The van der Waals surface area contributed by atoms with Crippen molar-refractivity contribution in [2.75, 3.05) is 25.4 Å². The first-order chi connectivity index (χ1) is 18.5. The van der Waals surface area contributed by atoms with Crippen LogP contribution in [0.25, 0.3) is 23.0 Å². The van der Waals surface area contributed by atoms with Crippen LogP contribution < -0.4 is 0 Å². The predicted molar refractivity (Wildman–Crippen MR) is 153 cm³/mol. The summed E-state index contributed by atoms with van der Waals surface area (Å²) in [6.07, 6.45) is 4.99. The second-order valence-corrected chi connectivity index (χ2v) is 14.2. The lowest BCUT2D eigenvalue weighted by atomic mass is 10.1. The molecule has 10 nitrogen and oxygen atoms in total. The van der Waals surface area contributed by atoms with Crippen molar-refractivity contribution in [3.05, 3.63) is 71.3 Å². The van der Waals surface area contributed by atoms with E-state index in [4.69, 9.17) is 21.9 Å². The molecular weight excluding hydrogens is 581 g/mol. The molecule has 0 spiro atoms. The van der Waals surface area contributed by atoms with E-state index in [0.717, 1.165) is 35.2 Å². The third kappa shape index (κ3) is 6.00. The summed E-state index contributed by atoms with van der Waals surface area (Å²) in [6, 6.07) is 15.9. The highest BCUT2D eigenvalue weighted by atomic mass is 32.2. The lowest BCUT2D eigenvalue weighted by molar-refractivity contribution is -0.121. The number of rotatable bonds is 8. The van der Waals surface area contributed by atoms with Crippen molar-refractivity contribution < 1.29 is 26.2 Å². The zero-order chi connectivity index (χ0) is 27.8.